The predicted octanol–water partition coefficient (Wildman–Crippen LogP) is 3.47. The van der Waals surface area contributed by atoms with Crippen molar-refractivity contribution >= 4 is 0 Å². The molecule has 0 aromatic heterocycles. The second-order valence-electron chi connectivity index (χ2n) is 5.72. The third-order valence-corrected chi connectivity index (χ3v) is 3.81. The minimum absolute atomic E-state index is 0.171. The molecule has 0 aliphatic carbocycles. The van der Waals surface area contributed by atoms with E-state index in [-0.39, 0.29) is 10.8 Å². The molecule has 1 nitrogen and oxygen atoms in total. The van der Waals surface area contributed by atoms with Crippen LogP contribution in [0.25, 0.3) is 0 Å². The summed E-state index contributed by atoms with van der Waals surface area (Å²) in [5, 5.41) is 3.27. The zero-order valence-corrected chi connectivity index (χ0v) is 11.0. The average molecular weight is 197 g/mol. The Balaban J connectivity index is 4.84. The quantitative estimate of drug-likeness (QED) is 0.665. The number of hydrogen-bond acceptors (Lipinski definition) is 1. The molecule has 0 aliphatic heterocycles. The molecule has 0 spiro atoms. The van der Waals surface area contributed by atoms with Crippen LogP contribution in [0.4, 0.5) is 0 Å². The molecule has 0 unspecified atom stereocenters. The highest BCUT2D eigenvalue weighted by atomic mass is 14.8. The molecule has 0 heterocycles. The number of rotatable bonds is 5. The van der Waals surface area contributed by atoms with Crippen LogP contribution in [0.2, 0.25) is 0 Å². The monoisotopic (exact) mass is 197 g/mol. The molecule has 0 bridgehead atoms. The van der Waals surface area contributed by atoms with Gasteiger partial charge >= 0.3 is 0 Å². The minimum Gasteiger partial charge on any atom is -0.319 e. The van der Waals surface area contributed by atoms with E-state index in [1.807, 2.05) is 7.05 Å². The summed E-state index contributed by atoms with van der Waals surface area (Å²) in [7, 11) is 2.01. The topological polar surface area (TPSA) is 12.0 Å². The lowest BCUT2D eigenvalue weighted by atomic mass is 9.62. The Morgan fingerprint density at radius 3 is 1.93 bits per heavy atom. The van der Waals surface area contributed by atoms with Gasteiger partial charge in [-0.05, 0) is 23.8 Å². The molecule has 84 valence electrons. The third kappa shape index (κ3) is 2.60. The molecule has 0 aliphatic rings. The van der Waals surface area contributed by atoms with E-state index in [0.29, 0.717) is 5.92 Å². The summed E-state index contributed by atoms with van der Waals surface area (Å²) in [6.45, 7) is 18.9. The van der Waals surface area contributed by atoms with Crippen molar-refractivity contribution in [2.75, 3.05) is 13.6 Å². The maximum atomic E-state index is 4.25. The van der Waals surface area contributed by atoms with Crippen molar-refractivity contribution in [3.8, 4) is 0 Å². The molecule has 0 atom stereocenters. The van der Waals surface area contributed by atoms with Gasteiger partial charge in [-0.3, -0.25) is 0 Å². The summed E-state index contributed by atoms with van der Waals surface area (Å²) >= 11 is 0. The van der Waals surface area contributed by atoms with E-state index in [2.05, 4.69) is 53.4 Å². The van der Waals surface area contributed by atoms with Gasteiger partial charge in [0.25, 0.3) is 0 Å². The molecule has 0 saturated carbocycles. The largest absolute Gasteiger partial charge is 0.319 e. The van der Waals surface area contributed by atoms with Gasteiger partial charge in [-0.25, -0.2) is 0 Å². The first kappa shape index (κ1) is 13.7. The van der Waals surface area contributed by atoms with E-state index in [9.17, 15) is 0 Å². The van der Waals surface area contributed by atoms with E-state index >= 15 is 0 Å². The van der Waals surface area contributed by atoms with Crippen molar-refractivity contribution in [1.82, 2.24) is 5.32 Å². The highest BCUT2D eigenvalue weighted by molar-refractivity contribution is 5.14. The fourth-order valence-corrected chi connectivity index (χ4v) is 1.82. The van der Waals surface area contributed by atoms with Gasteiger partial charge in [-0.1, -0.05) is 53.7 Å². The van der Waals surface area contributed by atoms with E-state index in [4.69, 9.17) is 0 Å². The predicted molar refractivity (Wildman–Crippen MR) is 65.5 cm³/mol. The molecule has 0 fully saturated rings. The summed E-state index contributed by atoms with van der Waals surface area (Å²) in [4.78, 5) is 0. The molecule has 0 saturated heterocycles. The smallest absolute Gasteiger partial charge is 0.000772 e. The standard InChI is InChI=1S/C13H27N/c1-10(2)11(3)13(6,7)12(4,5)9-14-8/h10,14H,3,9H2,1-2,4-8H3. The Labute approximate surface area is 90.0 Å². The molecule has 0 amide bonds. The van der Waals surface area contributed by atoms with Gasteiger partial charge in [0.1, 0.15) is 0 Å². The molecule has 14 heavy (non-hydrogen) atoms. The van der Waals surface area contributed by atoms with E-state index in [1.54, 1.807) is 0 Å². The van der Waals surface area contributed by atoms with Gasteiger partial charge in [0.2, 0.25) is 0 Å². The molecule has 0 aromatic carbocycles. The zero-order chi connectivity index (χ0) is 11.6. The summed E-state index contributed by atoms with van der Waals surface area (Å²) in [5.41, 5.74) is 1.76. The van der Waals surface area contributed by atoms with Crippen LogP contribution in [0, 0.1) is 16.7 Å². The van der Waals surface area contributed by atoms with Crippen molar-refractivity contribution in [3.63, 3.8) is 0 Å². The second-order valence-corrected chi connectivity index (χ2v) is 5.72. The molecular formula is C13H27N. The minimum atomic E-state index is 0.171. The van der Waals surface area contributed by atoms with Gasteiger partial charge in [0.05, 0.1) is 0 Å². The van der Waals surface area contributed by atoms with Crippen LogP contribution in [-0.4, -0.2) is 13.6 Å². The molecular weight excluding hydrogens is 170 g/mol. The zero-order valence-electron chi connectivity index (χ0n) is 11.0. The summed E-state index contributed by atoms with van der Waals surface area (Å²) in [6, 6.07) is 0. The van der Waals surface area contributed by atoms with Crippen molar-refractivity contribution < 1.29 is 0 Å². The maximum Gasteiger partial charge on any atom is 0.000772 e. The van der Waals surface area contributed by atoms with E-state index in [0.717, 1.165) is 6.54 Å². The highest BCUT2D eigenvalue weighted by Gasteiger charge is 2.39. The number of nitrogens with one attached hydrogen (secondary N) is 1. The number of hydrogen-bond donors (Lipinski definition) is 1. The molecule has 0 aromatic rings. The fraction of sp³-hybridized carbons (Fsp3) is 0.846. The first-order valence-corrected chi connectivity index (χ1v) is 5.50. The molecule has 0 radical (unpaired) electrons. The lowest BCUT2D eigenvalue weighted by molar-refractivity contribution is 0.141. The SMILES string of the molecule is C=C(C(C)C)C(C)(C)C(C)(C)CNC. The Morgan fingerprint density at radius 2 is 1.64 bits per heavy atom. The van der Waals surface area contributed by atoms with Crippen LogP contribution in [-0.2, 0) is 0 Å². The van der Waals surface area contributed by atoms with Crippen LogP contribution in [0.3, 0.4) is 0 Å². The van der Waals surface area contributed by atoms with Gasteiger partial charge in [0, 0.05) is 6.54 Å². The summed E-state index contributed by atoms with van der Waals surface area (Å²) < 4.78 is 0. The highest BCUT2D eigenvalue weighted by Crippen LogP contribution is 2.45. The van der Waals surface area contributed by atoms with Gasteiger partial charge in [-0.15, -0.1) is 0 Å². The molecule has 1 N–H and O–H groups in total. The van der Waals surface area contributed by atoms with Gasteiger partial charge in [0.15, 0.2) is 0 Å². The fourth-order valence-electron chi connectivity index (χ4n) is 1.82. The number of allylic oxidation sites excluding steroid dienone is 1. The average Bonchev–Trinajstić information content (AvgIpc) is 2.02. The van der Waals surface area contributed by atoms with Crippen LogP contribution in [0.1, 0.15) is 41.5 Å². The molecule has 0 rings (SSSR count). The summed E-state index contributed by atoms with van der Waals surface area (Å²) in [5.74, 6) is 0.557. The van der Waals surface area contributed by atoms with Gasteiger partial charge in [-0.2, -0.15) is 0 Å². The van der Waals surface area contributed by atoms with Crippen molar-refractivity contribution in [3.05, 3.63) is 12.2 Å². The Bertz CT molecular complexity index is 199. The van der Waals surface area contributed by atoms with Crippen molar-refractivity contribution in [1.29, 1.82) is 0 Å². The third-order valence-electron chi connectivity index (χ3n) is 3.81. The second kappa shape index (κ2) is 4.48. The Hall–Kier alpha value is -0.300. The van der Waals surface area contributed by atoms with Crippen molar-refractivity contribution in [2.45, 2.75) is 41.5 Å². The summed E-state index contributed by atoms with van der Waals surface area (Å²) in [6.07, 6.45) is 0. The van der Waals surface area contributed by atoms with Crippen LogP contribution in [0.15, 0.2) is 12.2 Å². The Kier molecular flexibility index (Phi) is 4.38. The maximum absolute atomic E-state index is 4.25. The van der Waals surface area contributed by atoms with E-state index in [1.165, 1.54) is 5.57 Å². The first-order valence-electron chi connectivity index (χ1n) is 5.50. The van der Waals surface area contributed by atoms with Crippen LogP contribution < -0.4 is 5.32 Å². The van der Waals surface area contributed by atoms with Crippen LogP contribution in [0.5, 0.6) is 0 Å². The van der Waals surface area contributed by atoms with E-state index < -0.39 is 0 Å². The first-order chi connectivity index (χ1) is 6.16. The normalized spacial score (nSPS) is 13.4. The molecule has 1 heteroatoms. The van der Waals surface area contributed by atoms with Crippen LogP contribution >= 0.6 is 0 Å². The Morgan fingerprint density at radius 1 is 1.21 bits per heavy atom. The lowest BCUT2D eigenvalue weighted by Gasteiger charge is -2.44. The van der Waals surface area contributed by atoms with Crippen molar-refractivity contribution in [2.24, 2.45) is 16.7 Å². The lowest BCUT2D eigenvalue weighted by Crippen LogP contribution is -2.42. The van der Waals surface area contributed by atoms with Gasteiger partial charge < -0.3 is 5.32 Å².